The minimum Gasteiger partial charge on any atom is -0.422 e. The van der Waals surface area contributed by atoms with Crippen molar-refractivity contribution in [1.82, 2.24) is 15.0 Å². The van der Waals surface area contributed by atoms with Crippen molar-refractivity contribution in [3.63, 3.8) is 0 Å². The van der Waals surface area contributed by atoms with E-state index < -0.39 is 5.63 Å². The average molecular weight is 440 g/mol. The second-order valence-corrected chi connectivity index (χ2v) is 7.84. The molecule has 4 heterocycles. The van der Waals surface area contributed by atoms with E-state index >= 15 is 0 Å². The largest absolute Gasteiger partial charge is 0.422 e. The minimum absolute atomic E-state index is 0.321. The maximum atomic E-state index is 13.0. The fraction of sp³-hybridized carbons (Fsp3) is 0. The zero-order chi connectivity index (χ0) is 23.1. The van der Waals surface area contributed by atoms with Crippen molar-refractivity contribution in [3.05, 3.63) is 107 Å². The molecule has 0 unspecified atom stereocenters. The number of hydrogen-bond donors (Lipinski definition) is 1. The number of rotatable bonds is 3. The Bertz CT molecular complexity index is 1790. The topological polar surface area (TPSA) is 95.6 Å². The highest BCUT2D eigenvalue weighted by Gasteiger charge is 2.21. The lowest BCUT2D eigenvalue weighted by atomic mass is 9.96. The Kier molecular flexibility index (Phi) is 4.53. The van der Waals surface area contributed by atoms with Crippen molar-refractivity contribution in [2.45, 2.75) is 0 Å². The van der Waals surface area contributed by atoms with Gasteiger partial charge in [0.25, 0.3) is 0 Å². The Morgan fingerprint density at radius 3 is 2.53 bits per heavy atom. The lowest BCUT2D eigenvalue weighted by Gasteiger charge is -2.12. The second-order valence-electron chi connectivity index (χ2n) is 7.84. The van der Waals surface area contributed by atoms with Crippen LogP contribution < -0.4 is 5.63 Å². The van der Waals surface area contributed by atoms with Gasteiger partial charge in [-0.05, 0) is 36.4 Å². The molecular formula is C28H16N4O2. The van der Waals surface area contributed by atoms with Gasteiger partial charge in [0.15, 0.2) is 0 Å². The van der Waals surface area contributed by atoms with Crippen LogP contribution in [0.2, 0.25) is 0 Å². The summed E-state index contributed by atoms with van der Waals surface area (Å²) in [5.41, 5.74) is 4.54. The smallest absolute Gasteiger partial charge is 0.345 e. The summed E-state index contributed by atoms with van der Waals surface area (Å²) in [4.78, 5) is 25.5. The van der Waals surface area contributed by atoms with Crippen LogP contribution in [0.3, 0.4) is 0 Å². The maximum absolute atomic E-state index is 13.0. The van der Waals surface area contributed by atoms with Crippen molar-refractivity contribution in [3.8, 4) is 39.8 Å². The van der Waals surface area contributed by atoms with Crippen molar-refractivity contribution in [2.75, 3.05) is 0 Å². The lowest BCUT2D eigenvalue weighted by molar-refractivity contribution is 0.563. The van der Waals surface area contributed by atoms with Crippen LogP contribution in [0, 0.1) is 11.3 Å². The SMILES string of the molecule is N#Cc1c(-c2ccccn2)cc(-c2cc3ccccc3oc2=O)nc1-c1c[nH]c2ccccc12. The first-order valence-corrected chi connectivity index (χ1v) is 10.7. The summed E-state index contributed by atoms with van der Waals surface area (Å²) in [6.07, 6.45) is 3.51. The molecule has 0 saturated heterocycles. The van der Waals surface area contributed by atoms with E-state index in [1.54, 1.807) is 24.4 Å². The standard InChI is InChI=1S/C28H16N4O2/c29-15-21-19(24-10-5-6-12-30-24)14-25(20-13-17-7-1-4-11-26(17)34-28(20)33)32-27(21)22-16-31-23-9-3-2-8-18(22)23/h1-14,16,31H. The third-order valence-electron chi connectivity index (χ3n) is 5.83. The molecule has 0 aliphatic rings. The Morgan fingerprint density at radius 1 is 0.853 bits per heavy atom. The maximum Gasteiger partial charge on any atom is 0.345 e. The van der Waals surface area contributed by atoms with Gasteiger partial charge in [-0.3, -0.25) is 4.98 Å². The summed E-state index contributed by atoms with van der Waals surface area (Å²) in [7, 11) is 0. The molecule has 0 spiro atoms. The van der Waals surface area contributed by atoms with Crippen LogP contribution in [0.4, 0.5) is 0 Å². The predicted octanol–water partition coefficient (Wildman–Crippen LogP) is 5.94. The van der Waals surface area contributed by atoms with Crippen molar-refractivity contribution in [1.29, 1.82) is 5.26 Å². The summed E-state index contributed by atoms with van der Waals surface area (Å²) in [6, 6.07) is 26.5. The van der Waals surface area contributed by atoms with E-state index in [9.17, 15) is 10.1 Å². The van der Waals surface area contributed by atoms with E-state index in [-0.39, 0.29) is 0 Å². The molecule has 0 amide bonds. The first kappa shape index (κ1) is 19.6. The van der Waals surface area contributed by atoms with Crippen LogP contribution >= 0.6 is 0 Å². The summed E-state index contributed by atoms with van der Waals surface area (Å²) >= 11 is 0. The van der Waals surface area contributed by atoms with Gasteiger partial charge >= 0.3 is 5.63 Å². The van der Waals surface area contributed by atoms with Crippen LogP contribution in [-0.2, 0) is 0 Å². The van der Waals surface area contributed by atoms with Gasteiger partial charge in [-0.1, -0.05) is 42.5 Å². The van der Waals surface area contributed by atoms with E-state index in [1.807, 2.05) is 66.9 Å². The number of fused-ring (bicyclic) bond motifs is 2. The van der Waals surface area contributed by atoms with Crippen molar-refractivity contribution >= 4 is 21.9 Å². The molecule has 0 atom stereocenters. The molecule has 0 aliphatic carbocycles. The number of para-hydroxylation sites is 2. The lowest BCUT2D eigenvalue weighted by Crippen LogP contribution is -2.06. The number of H-pyrrole nitrogens is 1. The van der Waals surface area contributed by atoms with E-state index in [1.165, 1.54) is 0 Å². The minimum atomic E-state index is -0.493. The molecule has 6 heteroatoms. The monoisotopic (exact) mass is 440 g/mol. The normalized spacial score (nSPS) is 11.0. The Hall–Kier alpha value is -5.02. The highest BCUT2D eigenvalue weighted by molar-refractivity contribution is 5.97. The molecule has 4 aromatic heterocycles. The van der Waals surface area contributed by atoms with E-state index in [4.69, 9.17) is 9.40 Å². The zero-order valence-corrected chi connectivity index (χ0v) is 17.8. The molecule has 0 bridgehead atoms. The van der Waals surface area contributed by atoms with Gasteiger partial charge < -0.3 is 9.40 Å². The molecule has 6 rings (SSSR count). The molecular weight excluding hydrogens is 424 g/mol. The Morgan fingerprint density at radius 2 is 1.68 bits per heavy atom. The second kappa shape index (κ2) is 7.84. The molecule has 1 N–H and O–H groups in total. The molecule has 0 fully saturated rings. The fourth-order valence-electron chi connectivity index (χ4n) is 4.22. The van der Waals surface area contributed by atoms with E-state index in [0.717, 1.165) is 21.9 Å². The first-order valence-electron chi connectivity index (χ1n) is 10.7. The van der Waals surface area contributed by atoms with Crippen molar-refractivity contribution in [2.24, 2.45) is 0 Å². The highest BCUT2D eigenvalue weighted by Crippen LogP contribution is 2.36. The van der Waals surface area contributed by atoms with Crippen LogP contribution in [0.15, 0.2) is 100 Å². The molecule has 160 valence electrons. The number of aromatic amines is 1. The molecule has 2 aromatic carbocycles. The van der Waals surface area contributed by atoms with Crippen LogP contribution in [0.1, 0.15) is 5.56 Å². The average Bonchev–Trinajstić information content (AvgIpc) is 3.32. The van der Waals surface area contributed by atoms with Gasteiger partial charge in [0.2, 0.25) is 0 Å². The Labute approximate surface area is 193 Å². The summed E-state index contributed by atoms with van der Waals surface area (Å²) in [5, 5.41) is 11.9. The predicted molar refractivity (Wildman–Crippen MR) is 131 cm³/mol. The van der Waals surface area contributed by atoms with E-state index in [0.29, 0.717) is 39.4 Å². The van der Waals surface area contributed by atoms with Crippen LogP contribution in [0.25, 0.3) is 55.6 Å². The van der Waals surface area contributed by atoms with Gasteiger partial charge in [0.05, 0.1) is 28.2 Å². The number of pyridine rings is 2. The molecule has 0 radical (unpaired) electrons. The van der Waals surface area contributed by atoms with Crippen molar-refractivity contribution < 1.29 is 4.42 Å². The van der Waals surface area contributed by atoms with Gasteiger partial charge in [-0.25, -0.2) is 9.78 Å². The van der Waals surface area contributed by atoms with Crippen LogP contribution in [-0.4, -0.2) is 15.0 Å². The quantitative estimate of drug-likeness (QED) is 0.344. The summed E-state index contributed by atoms with van der Waals surface area (Å²) < 4.78 is 5.57. The zero-order valence-electron chi connectivity index (χ0n) is 17.8. The molecule has 6 nitrogen and oxygen atoms in total. The number of aromatic nitrogens is 3. The number of nitriles is 1. The summed E-state index contributed by atoms with van der Waals surface area (Å²) in [5.74, 6) is 0. The first-order chi connectivity index (χ1) is 16.7. The third-order valence-corrected chi connectivity index (χ3v) is 5.83. The summed E-state index contributed by atoms with van der Waals surface area (Å²) in [6.45, 7) is 0. The fourth-order valence-corrected chi connectivity index (χ4v) is 4.22. The molecule has 34 heavy (non-hydrogen) atoms. The highest BCUT2D eigenvalue weighted by atomic mass is 16.4. The van der Waals surface area contributed by atoms with Gasteiger partial charge in [-0.15, -0.1) is 0 Å². The van der Waals surface area contributed by atoms with Gasteiger partial charge in [-0.2, -0.15) is 5.26 Å². The van der Waals surface area contributed by atoms with Gasteiger partial charge in [0, 0.05) is 39.8 Å². The Balaban J connectivity index is 1.70. The molecule has 6 aromatic rings. The number of nitrogens with zero attached hydrogens (tertiary/aromatic N) is 3. The number of benzene rings is 2. The number of nitrogens with one attached hydrogen (secondary N) is 1. The van der Waals surface area contributed by atoms with Crippen LogP contribution in [0.5, 0.6) is 0 Å². The molecule has 0 saturated carbocycles. The molecule has 0 aliphatic heterocycles. The number of hydrogen-bond acceptors (Lipinski definition) is 5. The van der Waals surface area contributed by atoms with E-state index in [2.05, 4.69) is 16.0 Å². The third kappa shape index (κ3) is 3.15. The van der Waals surface area contributed by atoms with Gasteiger partial charge in [0.1, 0.15) is 11.7 Å².